The molecule has 0 aliphatic rings. The predicted molar refractivity (Wildman–Crippen MR) is 49.7 cm³/mol. The lowest BCUT2D eigenvalue weighted by atomic mass is 10.3. The summed E-state index contributed by atoms with van der Waals surface area (Å²) in [5, 5.41) is 7.70. The number of rotatable bonds is 2. The molecule has 0 saturated carbocycles. The van der Waals surface area contributed by atoms with Crippen molar-refractivity contribution in [2.24, 2.45) is 0 Å². The Morgan fingerprint density at radius 3 is 1.62 bits per heavy atom. The molecule has 0 amide bonds. The van der Waals surface area contributed by atoms with Crippen LogP contribution in [0.25, 0.3) is 0 Å². The minimum absolute atomic E-state index is 0.347. The number of alkyl halides is 3. The Bertz CT molecular complexity index is 304. The van der Waals surface area contributed by atoms with Gasteiger partial charge < -0.3 is 9.84 Å². The zero-order valence-electron chi connectivity index (χ0n) is 8.72. The van der Waals surface area contributed by atoms with Gasteiger partial charge in [0, 0.05) is 5.57 Å². The number of methoxy groups -OCH3 is 1. The van der Waals surface area contributed by atoms with Gasteiger partial charge in [0.25, 0.3) is 0 Å². The zero-order valence-corrected chi connectivity index (χ0v) is 8.72. The number of ether oxygens (including phenoxy) is 1. The highest BCUT2D eigenvalue weighted by Gasteiger charge is 2.36. The molecule has 92 valence electrons. The quantitative estimate of drug-likeness (QED) is 0.591. The first-order chi connectivity index (χ1) is 7.03. The molecule has 0 rings (SSSR count). The standard InChI is InChI=1S/C5H8O2.C4H3F3O2/c1-4(2)5(6)7-3;1-2(3(8)9)4(5,6)7/h1H2,2-3H3;1H2,(H,8,9). The Hall–Kier alpha value is -1.79. The Kier molecular flexibility index (Phi) is 6.91. The number of carboxylic acids is 1. The van der Waals surface area contributed by atoms with Crippen molar-refractivity contribution in [2.45, 2.75) is 13.1 Å². The monoisotopic (exact) mass is 240 g/mol. The smallest absolute Gasteiger partial charge is 0.422 e. The molecule has 1 N–H and O–H groups in total. The second kappa shape index (κ2) is 6.65. The van der Waals surface area contributed by atoms with E-state index in [1.54, 1.807) is 6.92 Å². The van der Waals surface area contributed by atoms with E-state index in [9.17, 15) is 22.8 Å². The number of esters is 1. The largest absolute Gasteiger partial charge is 0.478 e. The lowest BCUT2D eigenvalue weighted by molar-refractivity contribution is -0.144. The average molecular weight is 240 g/mol. The van der Waals surface area contributed by atoms with Crippen LogP contribution in [0.4, 0.5) is 13.2 Å². The molecule has 0 aromatic heterocycles. The molecule has 7 heteroatoms. The second-order valence-corrected chi connectivity index (χ2v) is 2.55. The number of carboxylic acid groups (broad SMARTS) is 1. The SMILES string of the molecule is C=C(C(=O)O)C(F)(F)F.C=C(C)C(=O)OC. The molecule has 0 heterocycles. The summed E-state index contributed by atoms with van der Waals surface area (Å²) in [7, 11) is 1.33. The van der Waals surface area contributed by atoms with Crippen LogP contribution in [0.5, 0.6) is 0 Å². The fourth-order valence-corrected chi connectivity index (χ4v) is 0.295. The number of hydrogen-bond donors (Lipinski definition) is 1. The maximum absolute atomic E-state index is 11.2. The lowest BCUT2D eigenvalue weighted by Crippen LogP contribution is -2.18. The predicted octanol–water partition coefficient (Wildman–Crippen LogP) is 1.93. The van der Waals surface area contributed by atoms with Gasteiger partial charge in [-0.05, 0) is 6.92 Å². The van der Waals surface area contributed by atoms with Gasteiger partial charge in [-0.3, -0.25) is 0 Å². The van der Waals surface area contributed by atoms with Crippen LogP contribution in [0.15, 0.2) is 24.3 Å². The van der Waals surface area contributed by atoms with Gasteiger partial charge >= 0.3 is 18.1 Å². The molecule has 0 fully saturated rings. The van der Waals surface area contributed by atoms with E-state index >= 15 is 0 Å². The summed E-state index contributed by atoms with van der Waals surface area (Å²) in [5.74, 6) is -2.39. The van der Waals surface area contributed by atoms with Crippen molar-refractivity contribution < 1.29 is 32.6 Å². The van der Waals surface area contributed by atoms with Crippen molar-refractivity contribution in [3.05, 3.63) is 24.3 Å². The molecule has 4 nitrogen and oxygen atoms in total. The van der Waals surface area contributed by atoms with E-state index in [0.29, 0.717) is 5.57 Å². The fourth-order valence-electron chi connectivity index (χ4n) is 0.295. The molecule has 0 radical (unpaired) electrons. The van der Waals surface area contributed by atoms with E-state index in [0.717, 1.165) is 0 Å². The van der Waals surface area contributed by atoms with Gasteiger partial charge in [-0.25, -0.2) is 9.59 Å². The minimum Gasteiger partial charge on any atom is -0.478 e. The van der Waals surface area contributed by atoms with Crippen molar-refractivity contribution in [2.75, 3.05) is 7.11 Å². The molecule has 0 bridgehead atoms. The van der Waals surface area contributed by atoms with Crippen LogP contribution in [0.3, 0.4) is 0 Å². The lowest BCUT2D eigenvalue weighted by Gasteiger charge is -2.02. The summed E-state index contributed by atoms with van der Waals surface area (Å²) in [5.41, 5.74) is -1.31. The third kappa shape index (κ3) is 7.60. The zero-order chi connectivity index (χ0) is 13.5. The summed E-state index contributed by atoms with van der Waals surface area (Å²) >= 11 is 0. The van der Waals surface area contributed by atoms with Crippen LogP contribution in [0, 0.1) is 0 Å². The van der Waals surface area contributed by atoms with E-state index in [2.05, 4.69) is 17.9 Å². The maximum Gasteiger partial charge on any atom is 0.422 e. The average Bonchev–Trinajstić information content (AvgIpc) is 2.14. The molecule has 0 saturated heterocycles. The first-order valence-corrected chi connectivity index (χ1v) is 3.77. The molecule has 0 atom stereocenters. The van der Waals surface area contributed by atoms with Crippen molar-refractivity contribution in [3.8, 4) is 0 Å². The Labute approximate surface area is 90.0 Å². The number of aliphatic carboxylic acids is 1. The van der Waals surface area contributed by atoms with Crippen LogP contribution < -0.4 is 0 Å². The minimum atomic E-state index is -4.81. The van der Waals surface area contributed by atoms with E-state index in [1.165, 1.54) is 7.11 Å². The normalized spacial score (nSPS) is 9.56. The van der Waals surface area contributed by atoms with Crippen LogP contribution in [-0.4, -0.2) is 30.3 Å². The van der Waals surface area contributed by atoms with Crippen LogP contribution in [-0.2, 0) is 14.3 Å². The van der Waals surface area contributed by atoms with Gasteiger partial charge in [-0.15, -0.1) is 0 Å². The fraction of sp³-hybridized carbons (Fsp3) is 0.333. The first kappa shape index (κ1) is 16.6. The van der Waals surface area contributed by atoms with E-state index in [-0.39, 0.29) is 5.97 Å². The van der Waals surface area contributed by atoms with Crippen LogP contribution in [0.2, 0.25) is 0 Å². The molecular formula is C9H11F3O4. The topological polar surface area (TPSA) is 63.6 Å². The Balaban J connectivity index is 0. The van der Waals surface area contributed by atoms with Crippen molar-refractivity contribution >= 4 is 11.9 Å². The van der Waals surface area contributed by atoms with Gasteiger partial charge in [0.2, 0.25) is 0 Å². The highest BCUT2D eigenvalue weighted by molar-refractivity contribution is 5.87. The number of carbonyl (C=O) groups is 2. The maximum atomic E-state index is 11.2. The van der Waals surface area contributed by atoms with Gasteiger partial charge in [0.15, 0.2) is 0 Å². The Morgan fingerprint density at radius 1 is 1.25 bits per heavy atom. The summed E-state index contributed by atoms with van der Waals surface area (Å²) in [6, 6.07) is 0. The highest BCUT2D eigenvalue weighted by atomic mass is 19.4. The van der Waals surface area contributed by atoms with Crippen LogP contribution in [0.1, 0.15) is 6.92 Å². The van der Waals surface area contributed by atoms with Crippen molar-refractivity contribution in [3.63, 3.8) is 0 Å². The van der Waals surface area contributed by atoms with E-state index in [1.807, 2.05) is 0 Å². The van der Waals surface area contributed by atoms with Crippen molar-refractivity contribution in [1.82, 2.24) is 0 Å². The van der Waals surface area contributed by atoms with Gasteiger partial charge in [-0.2, -0.15) is 13.2 Å². The summed E-state index contributed by atoms with van der Waals surface area (Å²) in [6.07, 6.45) is -4.81. The molecule has 0 aliphatic heterocycles. The van der Waals surface area contributed by atoms with Crippen LogP contribution >= 0.6 is 0 Å². The van der Waals surface area contributed by atoms with Gasteiger partial charge in [-0.1, -0.05) is 13.2 Å². The second-order valence-electron chi connectivity index (χ2n) is 2.55. The molecule has 0 unspecified atom stereocenters. The Morgan fingerprint density at radius 2 is 1.62 bits per heavy atom. The van der Waals surface area contributed by atoms with E-state index < -0.39 is 17.7 Å². The highest BCUT2D eigenvalue weighted by Crippen LogP contribution is 2.23. The number of carbonyl (C=O) groups excluding carboxylic acids is 1. The summed E-state index contributed by atoms with van der Waals surface area (Å²) in [6.45, 7) is 7.26. The van der Waals surface area contributed by atoms with E-state index in [4.69, 9.17) is 5.11 Å². The van der Waals surface area contributed by atoms with Crippen molar-refractivity contribution in [1.29, 1.82) is 0 Å². The summed E-state index contributed by atoms with van der Waals surface area (Å²) in [4.78, 5) is 19.7. The first-order valence-electron chi connectivity index (χ1n) is 3.77. The number of halogens is 3. The third-order valence-electron chi connectivity index (χ3n) is 1.13. The number of hydrogen-bond acceptors (Lipinski definition) is 3. The van der Waals surface area contributed by atoms with Gasteiger partial charge in [0.05, 0.1) is 7.11 Å². The molecule has 16 heavy (non-hydrogen) atoms. The summed E-state index contributed by atoms with van der Waals surface area (Å²) < 4.78 is 37.9. The molecule has 0 aliphatic carbocycles. The molecule has 0 aromatic carbocycles. The van der Waals surface area contributed by atoms with Gasteiger partial charge in [0.1, 0.15) is 5.57 Å². The molecular weight excluding hydrogens is 229 g/mol. The third-order valence-corrected chi connectivity index (χ3v) is 1.13. The molecule has 0 aromatic rings. The molecule has 0 spiro atoms.